The van der Waals surface area contributed by atoms with E-state index < -0.39 is 0 Å². The zero-order chi connectivity index (χ0) is 8.53. The normalized spacial score (nSPS) is 13.6. The molecule has 0 amide bonds. The molecule has 68 valence electrons. The van der Waals surface area contributed by atoms with Crippen LogP contribution in [0.25, 0.3) is 0 Å². The Morgan fingerprint density at radius 1 is 1.36 bits per heavy atom. The fourth-order valence-corrected chi connectivity index (χ4v) is 1.69. The zero-order valence-electron chi connectivity index (χ0n) is 7.81. The smallest absolute Gasteiger partial charge is 0.146 e. The van der Waals surface area contributed by atoms with Gasteiger partial charge in [-0.1, -0.05) is 13.3 Å². The van der Waals surface area contributed by atoms with Gasteiger partial charge in [0.25, 0.3) is 0 Å². The Balaban J connectivity index is 3.20. The van der Waals surface area contributed by atoms with Crippen LogP contribution < -0.4 is 5.73 Å². The van der Waals surface area contributed by atoms with Gasteiger partial charge in [0.2, 0.25) is 0 Å². The van der Waals surface area contributed by atoms with E-state index in [-0.39, 0.29) is 0 Å². The minimum Gasteiger partial charge on any atom is -0.425 e. The maximum atomic E-state index is 5.44. The predicted octanol–water partition coefficient (Wildman–Crippen LogP) is 0.581. The highest BCUT2D eigenvalue weighted by Gasteiger charge is 2.03. The Hall–Kier alpha value is 0.137. The largest absolute Gasteiger partial charge is 0.425 e. The van der Waals surface area contributed by atoms with Crippen LogP contribution in [-0.4, -0.2) is 23.1 Å². The lowest BCUT2D eigenvalue weighted by Gasteiger charge is -2.13. The van der Waals surface area contributed by atoms with Crippen LogP contribution in [0.15, 0.2) is 0 Å². The molecule has 1 unspecified atom stereocenters. The Kier molecular flexibility index (Phi) is 8.34. The molecule has 3 heteroatoms. The average Bonchev–Trinajstić information content (AvgIpc) is 2.03. The third-order valence-electron chi connectivity index (χ3n) is 1.92. The second-order valence-electron chi connectivity index (χ2n) is 2.93. The first-order chi connectivity index (χ1) is 5.35. The molecule has 0 bridgehead atoms. The van der Waals surface area contributed by atoms with Crippen LogP contribution in [0.4, 0.5) is 0 Å². The Morgan fingerprint density at radius 2 is 2.09 bits per heavy atom. The van der Waals surface area contributed by atoms with Crippen LogP contribution in [-0.2, 0) is 4.43 Å². The van der Waals surface area contributed by atoms with Crippen molar-refractivity contribution in [3.8, 4) is 0 Å². The third-order valence-corrected chi connectivity index (χ3v) is 2.59. The molecule has 0 aromatic carbocycles. The SMILES string of the molecule is CCCC(CCCCN)O[SiH3]. The van der Waals surface area contributed by atoms with Crippen molar-refractivity contribution in [2.45, 2.75) is 45.1 Å². The quantitative estimate of drug-likeness (QED) is 0.454. The molecular formula is C8H21NOSi. The molecule has 0 saturated carbocycles. The molecule has 0 heterocycles. The molecule has 2 nitrogen and oxygen atoms in total. The first-order valence-electron chi connectivity index (χ1n) is 4.58. The lowest BCUT2D eigenvalue weighted by atomic mass is 10.1. The summed E-state index contributed by atoms with van der Waals surface area (Å²) in [4.78, 5) is 0. The van der Waals surface area contributed by atoms with Gasteiger partial charge in [0.1, 0.15) is 10.5 Å². The lowest BCUT2D eigenvalue weighted by Crippen LogP contribution is -2.11. The minimum atomic E-state index is 0.526. The second kappa shape index (κ2) is 8.24. The maximum Gasteiger partial charge on any atom is 0.146 e. The third kappa shape index (κ3) is 6.53. The van der Waals surface area contributed by atoms with Crippen LogP contribution in [0, 0.1) is 0 Å². The Labute approximate surface area is 73.0 Å². The van der Waals surface area contributed by atoms with Gasteiger partial charge in [-0.15, -0.1) is 0 Å². The van der Waals surface area contributed by atoms with Crippen molar-refractivity contribution >= 4 is 10.5 Å². The van der Waals surface area contributed by atoms with Gasteiger partial charge in [-0.25, -0.2) is 0 Å². The Morgan fingerprint density at radius 3 is 2.55 bits per heavy atom. The molecule has 0 aliphatic heterocycles. The molecule has 0 saturated heterocycles. The number of nitrogens with two attached hydrogens (primary N) is 1. The van der Waals surface area contributed by atoms with Gasteiger partial charge in [-0.05, 0) is 32.2 Å². The van der Waals surface area contributed by atoms with E-state index in [1.807, 2.05) is 0 Å². The maximum absolute atomic E-state index is 5.44. The summed E-state index contributed by atoms with van der Waals surface area (Å²) in [5.74, 6) is 0. The number of unbranched alkanes of at least 4 members (excludes halogenated alkanes) is 1. The molecule has 2 N–H and O–H groups in total. The minimum absolute atomic E-state index is 0.526. The van der Waals surface area contributed by atoms with E-state index in [2.05, 4.69) is 6.92 Å². The molecular weight excluding hydrogens is 154 g/mol. The second-order valence-corrected chi connectivity index (χ2v) is 3.40. The zero-order valence-corrected chi connectivity index (χ0v) is 9.81. The van der Waals surface area contributed by atoms with E-state index in [9.17, 15) is 0 Å². The van der Waals surface area contributed by atoms with Crippen molar-refractivity contribution in [1.29, 1.82) is 0 Å². The molecule has 1 atom stereocenters. The van der Waals surface area contributed by atoms with Crippen LogP contribution in [0.2, 0.25) is 0 Å². The number of hydrogen-bond acceptors (Lipinski definition) is 2. The van der Waals surface area contributed by atoms with Crippen molar-refractivity contribution in [3.63, 3.8) is 0 Å². The van der Waals surface area contributed by atoms with E-state index in [0.29, 0.717) is 6.10 Å². The van der Waals surface area contributed by atoms with Crippen LogP contribution in [0.1, 0.15) is 39.0 Å². The van der Waals surface area contributed by atoms with Gasteiger partial charge in [0.15, 0.2) is 0 Å². The number of rotatable bonds is 7. The first kappa shape index (κ1) is 11.1. The summed E-state index contributed by atoms with van der Waals surface area (Å²) < 4.78 is 5.44. The average molecular weight is 175 g/mol. The van der Waals surface area contributed by atoms with E-state index in [4.69, 9.17) is 10.2 Å². The topological polar surface area (TPSA) is 35.2 Å². The standard InChI is InChI=1S/C8H21NOSi/c1-2-5-8(10-11)6-3-4-7-9/h8H,2-7,9H2,1,11H3. The molecule has 0 aliphatic rings. The molecule has 0 aliphatic carbocycles. The van der Waals surface area contributed by atoms with Gasteiger partial charge in [-0.3, -0.25) is 0 Å². The molecule has 11 heavy (non-hydrogen) atoms. The lowest BCUT2D eigenvalue weighted by molar-refractivity contribution is 0.193. The van der Waals surface area contributed by atoms with Gasteiger partial charge in [0, 0.05) is 6.10 Å². The monoisotopic (exact) mass is 175 g/mol. The summed E-state index contributed by atoms with van der Waals surface area (Å²) in [5.41, 5.74) is 5.40. The van der Waals surface area contributed by atoms with Crippen molar-refractivity contribution in [2.75, 3.05) is 6.54 Å². The highest BCUT2D eigenvalue weighted by molar-refractivity contribution is 5.98. The van der Waals surface area contributed by atoms with Crippen LogP contribution in [0.5, 0.6) is 0 Å². The van der Waals surface area contributed by atoms with E-state index >= 15 is 0 Å². The predicted molar refractivity (Wildman–Crippen MR) is 52.6 cm³/mol. The first-order valence-corrected chi connectivity index (χ1v) is 5.39. The van der Waals surface area contributed by atoms with Crippen molar-refractivity contribution in [1.82, 2.24) is 0 Å². The van der Waals surface area contributed by atoms with Crippen LogP contribution >= 0.6 is 0 Å². The van der Waals surface area contributed by atoms with Crippen LogP contribution in [0.3, 0.4) is 0 Å². The van der Waals surface area contributed by atoms with E-state index in [1.54, 1.807) is 0 Å². The molecule has 0 aromatic heterocycles. The van der Waals surface area contributed by atoms with Crippen molar-refractivity contribution in [3.05, 3.63) is 0 Å². The molecule has 0 spiro atoms. The molecule has 0 aromatic rings. The highest BCUT2D eigenvalue weighted by atomic mass is 28.2. The summed E-state index contributed by atoms with van der Waals surface area (Å²) in [6.07, 6.45) is 6.55. The fourth-order valence-electron chi connectivity index (χ4n) is 1.22. The summed E-state index contributed by atoms with van der Waals surface area (Å²) in [7, 11) is 0.873. The van der Waals surface area contributed by atoms with Crippen molar-refractivity contribution < 1.29 is 4.43 Å². The Bertz CT molecular complexity index is 80.5. The summed E-state index contributed by atoms with van der Waals surface area (Å²) in [6, 6.07) is 0. The van der Waals surface area contributed by atoms with Gasteiger partial charge >= 0.3 is 0 Å². The summed E-state index contributed by atoms with van der Waals surface area (Å²) in [6.45, 7) is 3.02. The molecule has 0 rings (SSSR count). The summed E-state index contributed by atoms with van der Waals surface area (Å²) in [5, 5.41) is 0. The van der Waals surface area contributed by atoms with E-state index in [0.717, 1.165) is 23.5 Å². The van der Waals surface area contributed by atoms with Crippen molar-refractivity contribution in [2.24, 2.45) is 5.73 Å². The van der Waals surface area contributed by atoms with Gasteiger partial charge in [-0.2, -0.15) is 0 Å². The summed E-state index contributed by atoms with van der Waals surface area (Å²) >= 11 is 0. The fraction of sp³-hybridized carbons (Fsp3) is 1.00. The van der Waals surface area contributed by atoms with Gasteiger partial charge in [0.05, 0.1) is 0 Å². The molecule has 0 fully saturated rings. The van der Waals surface area contributed by atoms with E-state index in [1.165, 1.54) is 25.7 Å². The van der Waals surface area contributed by atoms with Gasteiger partial charge < -0.3 is 10.2 Å². The molecule has 0 radical (unpaired) electrons. The number of hydrogen-bond donors (Lipinski definition) is 1. The highest BCUT2D eigenvalue weighted by Crippen LogP contribution is 2.08.